The molecule has 0 amide bonds. The van der Waals surface area contributed by atoms with Crippen LogP contribution in [0.15, 0.2) is 0 Å². The zero-order valence-electron chi connectivity index (χ0n) is 9.95. The molecule has 1 aromatic rings. The second kappa shape index (κ2) is 4.65. The third-order valence-electron chi connectivity index (χ3n) is 3.10. The Kier molecular flexibility index (Phi) is 3.24. The molecular formula is C11H19N5. The molecule has 1 aliphatic rings. The molecule has 0 radical (unpaired) electrons. The molecule has 0 spiro atoms. The molecule has 2 heterocycles. The van der Waals surface area contributed by atoms with Gasteiger partial charge in [-0.05, 0) is 26.2 Å². The van der Waals surface area contributed by atoms with Gasteiger partial charge in [-0.3, -0.25) is 0 Å². The van der Waals surface area contributed by atoms with Crippen LogP contribution in [0.4, 0.5) is 11.8 Å². The number of hydrogen-bond acceptors (Lipinski definition) is 5. The minimum Gasteiger partial charge on any atom is -0.341 e. The molecular weight excluding hydrogens is 202 g/mol. The van der Waals surface area contributed by atoms with Crippen molar-refractivity contribution in [1.82, 2.24) is 9.97 Å². The monoisotopic (exact) mass is 221 g/mol. The third kappa shape index (κ3) is 1.95. The van der Waals surface area contributed by atoms with Crippen molar-refractivity contribution < 1.29 is 0 Å². The maximum Gasteiger partial charge on any atom is 0.227 e. The Hall–Kier alpha value is -1.36. The average molecular weight is 221 g/mol. The van der Waals surface area contributed by atoms with Gasteiger partial charge in [0.15, 0.2) is 0 Å². The van der Waals surface area contributed by atoms with Crippen molar-refractivity contribution in [3.63, 3.8) is 0 Å². The fourth-order valence-corrected chi connectivity index (χ4v) is 2.09. The van der Waals surface area contributed by atoms with Crippen LogP contribution < -0.4 is 16.2 Å². The summed E-state index contributed by atoms with van der Waals surface area (Å²) in [5.74, 6) is 7.04. The van der Waals surface area contributed by atoms with Gasteiger partial charge in [-0.2, -0.15) is 4.98 Å². The summed E-state index contributed by atoms with van der Waals surface area (Å²) in [5, 5.41) is 0. The number of hydrazine groups is 1. The van der Waals surface area contributed by atoms with E-state index in [-0.39, 0.29) is 0 Å². The first kappa shape index (κ1) is 11.1. The van der Waals surface area contributed by atoms with Gasteiger partial charge in [-0.1, -0.05) is 6.92 Å². The van der Waals surface area contributed by atoms with E-state index in [2.05, 4.69) is 27.2 Å². The third-order valence-corrected chi connectivity index (χ3v) is 3.10. The van der Waals surface area contributed by atoms with Gasteiger partial charge >= 0.3 is 0 Å². The SMILES string of the molecule is CCc1nc(N2CCCC2)nc(NN)c1C. The lowest BCUT2D eigenvalue weighted by atomic mass is 10.2. The molecule has 16 heavy (non-hydrogen) atoms. The lowest BCUT2D eigenvalue weighted by Crippen LogP contribution is -2.23. The molecule has 1 saturated heterocycles. The van der Waals surface area contributed by atoms with E-state index in [1.165, 1.54) is 12.8 Å². The highest BCUT2D eigenvalue weighted by molar-refractivity contribution is 5.50. The predicted molar refractivity (Wildman–Crippen MR) is 65.4 cm³/mol. The molecule has 5 nitrogen and oxygen atoms in total. The standard InChI is InChI=1S/C11H19N5/c1-3-9-8(2)10(15-12)14-11(13-9)16-6-4-5-7-16/h3-7,12H2,1-2H3,(H,13,14,15). The molecule has 0 aromatic carbocycles. The van der Waals surface area contributed by atoms with Gasteiger partial charge in [-0.15, -0.1) is 0 Å². The minimum absolute atomic E-state index is 0.744. The molecule has 3 N–H and O–H groups in total. The van der Waals surface area contributed by atoms with E-state index in [0.29, 0.717) is 0 Å². The number of anilines is 2. The van der Waals surface area contributed by atoms with E-state index in [4.69, 9.17) is 5.84 Å². The average Bonchev–Trinajstić information content (AvgIpc) is 2.83. The van der Waals surface area contributed by atoms with Crippen molar-refractivity contribution in [2.75, 3.05) is 23.4 Å². The molecule has 1 fully saturated rings. The molecule has 0 aliphatic carbocycles. The Labute approximate surface area is 96.0 Å². The molecule has 2 rings (SSSR count). The lowest BCUT2D eigenvalue weighted by Gasteiger charge is -2.18. The number of nitrogens with two attached hydrogens (primary N) is 1. The van der Waals surface area contributed by atoms with Gasteiger partial charge in [0.25, 0.3) is 0 Å². The second-order valence-corrected chi connectivity index (χ2v) is 4.14. The fourth-order valence-electron chi connectivity index (χ4n) is 2.09. The molecule has 88 valence electrons. The molecule has 0 saturated carbocycles. The first-order valence-corrected chi connectivity index (χ1v) is 5.85. The van der Waals surface area contributed by atoms with Crippen molar-refractivity contribution in [2.45, 2.75) is 33.1 Å². The number of hydrogen-bond donors (Lipinski definition) is 2. The first-order chi connectivity index (χ1) is 7.76. The zero-order valence-corrected chi connectivity index (χ0v) is 9.95. The second-order valence-electron chi connectivity index (χ2n) is 4.14. The van der Waals surface area contributed by atoms with Crippen molar-refractivity contribution in [2.24, 2.45) is 5.84 Å². The number of rotatable bonds is 3. The molecule has 0 bridgehead atoms. The Balaban J connectivity index is 2.37. The van der Waals surface area contributed by atoms with Crippen molar-refractivity contribution >= 4 is 11.8 Å². The Morgan fingerprint density at radius 1 is 1.31 bits per heavy atom. The van der Waals surface area contributed by atoms with Crippen molar-refractivity contribution in [1.29, 1.82) is 0 Å². The Bertz CT molecular complexity index is 346. The number of aryl methyl sites for hydroxylation is 1. The van der Waals surface area contributed by atoms with Crippen LogP contribution in [0.1, 0.15) is 31.0 Å². The molecule has 1 aliphatic heterocycles. The highest BCUT2D eigenvalue weighted by Gasteiger charge is 2.17. The van der Waals surface area contributed by atoms with Gasteiger partial charge in [0.2, 0.25) is 5.95 Å². The molecule has 0 atom stereocenters. The van der Waals surface area contributed by atoms with Crippen LogP contribution in [-0.2, 0) is 6.42 Å². The number of nitrogen functional groups attached to an aromatic ring is 1. The number of aromatic nitrogens is 2. The van der Waals surface area contributed by atoms with Crippen LogP contribution in [-0.4, -0.2) is 23.1 Å². The van der Waals surface area contributed by atoms with Gasteiger partial charge in [-0.25, -0.2) is 10.8 Å². The largest absolute Gasteiger partial charge is 0.341 e. The number of nitrogens with one attached hydrogen (secondary N) is 1. The smallest absolute Gasteiger partial charge is 0.227 e. The van der Waals surface area contributed by atoms with Crippen molar-refractivity contribution in [3.05, 3.63) is 11.3 Å². The summed E-state index contributed by atoms with van der Waals surface area (Å²) >= 11 is 0. The van der Waals surface area contributed by atoms with E-state index >= 15 is 0 Å². The van der Waals surface area contributed by atoms with E-state index in [0.717, 1.165) is 42.5 Å². The van der Waals surface area contributed by atoms with Gasteiger partial charge < -0.3 is 10.3 Å². The van der Waals surface area contributed by atoms with Crippen molar-refractivity contribution in [3.8, 4) is 0 Å². The predicted octanol–water partition coefficient (Wildman–Crippen LogP) is 1.23. The molecule has 1 aromatic heterocycles. The maximum absolute atomic E-state index is 5.48. The van der Waals surface area contributed by atoms with Crippen LogP contribution in [0.2, 0.25) is 0 Å². The summed E-state index contributed by atoms with van der Waals surface area (Å²) in [6, 6.07) is 0. The van der Waals surface area contributed by atoms with E-state index in [1.54, 1.807) is 0 Å². The summed E-state index contributed by atoms with van der Waals surface area (Å²) < 4.78 is 0. The molecule has 0 unspecified atom stereocenters. The fraction of sp³-hybridized carbons (Fsp3) is 0.636. The van der Waals surface area contributed by atoms with Crippen LogP contribution in [0.5, 0.6) is 0 Å². The van der Waals surface area contributed by atoms with Gasteiger partial charge in [0, 0.05) is 18.7 Å². The maximum atomic E-state index is 5.48. The summed E-state index contributed by atoms with van der Waals surface area (Å²) in [7, 11) is 0. The van der Waals surface area contributed by atoms with Crippen LogP contribution in [0.3, 0.4) is 0 Å². The Morgan fingerprint density at radius 2 is 2.00 bits per heavy atom. The van der Waals surface area contributed by atoms with E-state index in [9.17, 15) is 0 Å². The Morgan fingerprint density at radius 3 is 2.56 bits per heavy atom. The summed E-state index contributed by atoms with van der Waals surface area (Å²) in [5.41, 5.74) is 4.78. The summed E-state index contributed by atoms with van der Waals surface area (Å²) in [6.45, 7) is 6.21. The minimum atomic E-state index is 0.744. The first-order valence-electron chi connectivity index (χ1n) is 5.85. The normalized spacial score (nSPS) is 15.6. The van der Waals surface area contributed by atoms with Crippen LogP contribution >= 0.6 is 0 Å². The quantitative estimate of drug-likeness (QED) is 0.593. The zero-order chi connectivity index (χ0) is 11.5. The van der Waals surface area contributed by atoms with Crippen LogP contribution in [0.25, 0.3) is 0 Å². The molecule has 5 heteroatoms. The van der Waals surface area contributed by atoms with Gasteiger partial charge in [0.1, 0.15) is 5.82 Å². The highest BCUT2D eigenvalue weighted by Crippen LogP contribution is 2.22. The lowest BCUT2D eigenvalue weighted by molar-refractivity contribution is 0.866. The van der Waals surface area contributed by atoms with E-state index < -0.39 is 0 Å². The van der Waals surface area contributed by atoms with Gasteiger partial charge in [0.05, 0.1) is 5.69 Å². The number of nitrogens with zero attached hydrogens (tertiary/aromatic N) is 3. The van der Waals surface area contributed by atoms with E-state index in [1.807, 2.05) is 6.92 Å². The van der Waals surface area contributed by atoms with Crippen LogP contribution in [0, 0.1) is 6.92 Å². The highest BCUT2D eigenvalue weighted by atomic mass is 15.3. The summed E-state index contributed by atoms with van der Waals surface area (Å²) in [6.07, 6.45) is 3.36. The summed E-state index contributed by atoms with van der Waals surface area (Å²) in [4.78, 5) is 11.3. The topological polar surface area (TPSA) is 67.1 Å².